The van der Waals surface area contributed by atoms with Crippen molar-refractivity contribution in [1.29, 1.82) is 10.5 Å². The van der Waals surface area contributed by atoms with E-state index in [1.807, 2.05) is 51.1 Å². The number of nitriles is 2. The van der Waals surface area contributed by atoms with Crippen LogP contribution in [0.25, 0.3) is 0 Å². The molecule has 1 heterocycles. The largest absolute Gasteiger partial charge is 0.421 e. The smallest absolute Gasteiger partial charge is 0.252 e. The summed E-state index contributed by atoms with van der Waals surface area (Å²) in [6.45, 7) is 5.89. The molecular weight excluding hydrogens is 326 g/mol. The predicted octanol–water partition coefficient (Wildman–Crippen LogP) is 4.24. The molecule has 1 fully saturated rings. The highest BCUT2D eigenvalue weighted by atomic mass is 16.4. The molecule has 1 saturated carbocycles. The lowest BCUT2D eigenvalue weighted by Crippen LogP contribution is -2.32. The van der Waals surface area contributed by atoms with Gasteiger partial charge in [0.1, 0.15) is 6.07 Å². The minimum Gasteiger partial charge on any atom is -0.421 e. The molecule has 6 heteroatoms. The SMILES string of the molecule is CC(C)(C)c1nc(C#N)c(NN=Cc2ccc(C3(C#N)CCC3)cc2)o1. The Morgan fingerprint density at radius 1 is 1.23 bits per heavy atom. The van der Waals surface area contributed by atoms with Crippen LogP contribution in [0.2, 0.25) is 0 Å². The van der Waals surface area contributed by atoms with E-state index in [9.17, 15) is 10.5 Å². The standard InChI is InChI=1S/C20H21N5O/c1-19(2,3)18-24-16(11-21)17(26-18)25-23-12-14-5-7-15(8-6-14)20(13-22)9-4-10-20/h5-8,12,25H,4,9-10H2,1-3H3. The fourth-order valence-corrected chi connectivity index (χ4v) is 2.84. The molecule has 3 rings (SSSR count). The molecule has 0 aliphatic heterocycles. The number of aromatic nitrogens is 1. The second-order valence-corrected chi connectivity index (χ2v) is 7.60. The predicted molar refractivity (Wildman–Crippen MR) is 98.7 cm³/mol. The van der Waals surface area contributed by atoms with Crippen LogP contribution in [0, 0.1) is 22.7 Å². The van der Waals surface area contributed by atoms with Crippen molar-refractivity contribution >= 4 is 12.1 Å². The maximum atomic E-state index is 9.41. The Hall–Kier alpha value is -3.12. The van der Waals surface area contributed by atoms with Crippen LogP contribution in [0.4, 0.5) is 5.88 Å². The van der Waals surface area contributed by atoms with Crippen LogP contribution in [0.3, 0.4) is 0 Å². The summed E-state index contributed by atoms with van der Waals surface area (Å²) >= 11 is 0. The average Bonchev–Trinajstić information content (AvgIpc) is 2.99. The van der Waals surface area contributed by atoms with E-state index in [0.717, 1.165) is 30.4 Å². The van der Waals surface area contributed by atoms with Crippen LogP contribution in [-0.2, 0) is 10.8 Å². The molecule has 1 aromatic heterocycles. The van der Waals surface area contributed by atoms with E-state index < -0.39 is 0 Å². The third-order valence-electron chi connectivity index (χ3n) is 4.64. The van der Waals surface area contributed by atoms with Crippen molar-refractivity contribution in [3.05, 3.63) is 47.0 Å². The molecule has 0 atom stereocenters. The highest BCUT2D eigenvalue weighted by Gasteiger charge is 2.38. The Morgan fingerprint density at radius 2 is 1.92 bits per heavy atom. The Morgan fingerprint density at radius 3 is 2.42 bits per heavy atom. The van der Waals surface area contributed by atoms with Gasteiger partial charge in [-0.3, -0.25) is 0 Å². The summed E-state index contributed by atoms with van der Waals surface area (Å²) in [5, 5.41) is 22.7. The van der Waals surface area contributed by atoms with Gasteiger partial charge in [-0.15, -0.1) is 0 Å². The van der Waals surface area contributed by atoms with Crippen molar-refractivity contribution < 1.29 is 4.42 Å². The summed E-state index contributed by atoms with van der Waals surface area (Å²) in [7, 11) is 0. The fraction of sp³-hybridized carbons (Fsp3) is 0.400. The van der Waals surface area contributed by atoms with Crippen LogP contribution >= 0.6 is 0 Å². The normalized spacial score (nSPS) is 15.9. The quantitative estimate of drug-likeness (QED) is 0.659. The van der Waals surface area contributed by atoms with E-state index in [0.29, 0.717) is 5.89 Å². The molecule has 0 radical (unpaired) electrons. The lowest BCUT2D eigenvalue weighted by Gasteiger charge is -2.35. The van der Waals surface area contributed by atoms with Crippen LogP contribution in [0.5, 0.6) is 0 Å². The first-order valence-electron chi connectivity index (χ1n) is 8.60. The average molecular weight is 347 g/mol. The van der Waals surface area contributed by atoms with Gasteiger partial charge in [0.05, 0.1) is 17.7 Å². The second-order valence-electron chi connectivity index (χ2n) is 7.60. The molecule has 1 aliphatic carbocycles. The van der Waals surface area contributed by atoms with Crippen molar-refractivity contribution in [1.82, 2.24) is 4.98 Å². The third kappa shape index (κ3) is 3.32. The summed E-state index contributed by atoms with van der Waals surface area (Å²) in [5.74, 6) is 0.724. The Labute approximate surface area is 153 Å². The molecule has 0 unspecified atom stereocenters. The molecule has 2 aromatic rings. The van der Waals surface area contributed by atoms with E-state index in [-0.39, 0.29) is 22.4 Å². The number of hydrogen-bond acceptors (Lipinski definition) is 6. The summed E-state index contributed by atoms with van der Waals surface area (Å²) in [4.78, 5) is 4.19. The van der Waals surface area contributed by atoms with E-state index >= 15 is 0 Å². The number of oxazole rings is 1. The fourth-order valence-electron chi connectivity index (χ4n) is 2.84. The van der Waals surface area contributed by atoms with Gasteiger partial charge in [0.2, 0.25) is 11.6 Å². The van der Waals surface area contributed by atoms with Gasteiger partial charge in [-0.1, -0.05) is 45.0 Å². The van der Waals surface area contributed by atoms with E-state index in [4.69, 9.17) is 4.42 Å². The van der Waals surface area contributed by atoms with Crippen LogP contribution in [0.15, 0.2) is 33.8 Å². The zero-order chi connectivity index (χ0) is 18.8. The van der Waals surface area contributed by atoms with Crippen molar-refractivity contribution in [3.8, 4) is 12.1 Å². The number of rotatable bonds is 4. The molecule has 1 N–H and O–H groups in total. The molecular formula is C20H21N5O. The highest BCUT2D eigenvalue weighted by molar-refractivity contribution is 5.80. The van der Waals surface area contributed by atoms with Crippen LogP contribution < -0.4 is 5.43 Å². The first-order chi connectivity index (χ1) is 12.4. The molecule has 0 amide bonds. The molecule has 0 saturated heterocycles. The van der Waals surface area contributed by atoms with Crippen molar-refractivity contribution in [3.63, 3.8) is 0 Å². The Kier molecular flexibility index (Phi) is 4.52. The maximum absolute atomic E-state index is 9.41. The summed E-state index contributed by atoms with van der Waals surface area (Å²) in [6.07, 6.45) is 4.60. The van der Waals surface area contributed by atoms with Crippen LogP contribution in [0.1, 0.15) is 62.7 Å². The monoisotopic (exact) mass is 347 g/mol. The number of nitrogens with one attached hydrogen (secondary N) is 1. The van der Waals surface area contributed by atoms with E-state index in [2.05, 4.69) is 21.6 Å². The minimum atomic E-state index is -0.307. The number of benzene rings is 1. The van der Waals surface area contributed by atoms with Crippen LogP contribution in [-0.4, -0.2) is 11.2 Å². The first-order valence-corrected chi connectivity index (χ1v) is 8.60. The van der Waals surface area contributed by atoms with E-state index in [1.54, 1.807) is 6.21 Å². The van der Waals surface area contributed by atoms with Crippen molar-refractivity contribution in [2.24, 2.45) is 5.10 Å². The highest BCUT2D eigenvalue weighted by Crippen LogP contribution is 2.42. The number of nitrogens with zero attached hydrogens (tertiary/aromatic N) is 4. The number of anilines is 1. The van der Waals surface area contributed by atoms with Gasteiger partial charge in [0.25, 0.3) is 5.88 Å². The Bertz CT molecular complexity index is 900. The summed E-state index contributed by atoms with van der Waals surface area (Å²) in [6, 6.07) is 12.3. The minimum absolute atomic E-state index is 0.184. The third-order valence-corrected chi connectivity index (χ3v) is 4.64. The molecule has 6 nitrogen and oxygen atoms in total. The van der Waals surface area contributed by atoms with Gasteiger partial charge in [-0.05, 0) is 30.4 Å². The maximum Gasteiger partial charge on any atom is 0.252 e. The molecule has 0 spiro atoms. The summed E-state index contributed by atoms with van der Waals surface area (Å²) in [5.41, 5.74) is 4.29. The lowest BCUT2D eigenvalue weighted by molar-refractivity contribution is 0.324. The molecule has 1 aliphatic rings. The second kappa shape index (κ2) is 6.65. The van der Waals surface area contributed by atoms with Gasteiger partial charge in [0.15, 0.2) is 0 Å². The van der Waals surface area contributed by atoms with Gasteiger partial charge >= 0.3 is 0 Å². The van der Waals surface area contributed by atoms with Gasteiger partial charge in [-0.2, -0.15) is 20.6 Å². The topological polar surface area (TPSA) is 98.0 Å². The molecule has 1 aromatic carbocycles. The Balaban J connectivity index is 1.71. The van der Waals surface area contributed by atoms with E-state index in [1.165, 1.54) is 0 Å². The number of hydrazone groups is 1. The molecule has 26 heavy (non-hydrogen) atoms. The van der Waals surface area contributed by atoms with Gasteiger partial charge in [0, 0.05) is 5.41 Å². The first kappa shape index (κ1) is 17.7. The zero-order valence-electron chi connectivity index (χ0n) is 15.2. The van der Waals surface area contributed by atoms with Gasteiger partial charge in [-0.25, -0.2) is 5.43 Å². The summed E-state index contributed by atoms with van der Waals surface area (Å²) < 4.78 is 5.61. The lowest BCUT2D eigenvalue weighted by atomic mass is 9.65. The molecule has 0 bridgehead atoms. The number of hydrogen-bond donors (Lipinski definition) is 1. The van der Waals surface area contributed by atoms with Gasteiger partial charge < -0.3 is 4.42 Å². The van der Waals surface area contributed by atoms with Crippen molar-refractivity contribution in [2.45, 2.75) is 50.9 Å². The molecule has 132 valence electrons. The van der Waals surface area contributed by atoms with Crippen molar-refractivity contribution in [2.75, 3.05) is 5.43 Å². The zero-order valence-corrected chi connectivity index (χ0v) is 15.2.